The fraction of sp³-hybridized carbons (Fsp3) is 0.733. The van der Waals surface area contributed by atoms with Crippen LogP contribution in [-0.4, -0.2) is 55.1 Å². The van der Waals surface area contributed by atoms with Crippen molar-refractivity contribution in [1.82, 2.24) is 15.1 Å². The Morgan fingerprint density at radius 1 is 1.37 bits per heavy atom. The van der Waals surface area contributed by atoms with Gasteiger partial charge < -0.3 is 10.2 Å². The summed E-state index contributed by atoms with van der Waals surface area (Å²) in [5, 5.41) is 5.65. The van der Waals surface area contributed by atoms with E-state index in [0.717, 1.165) is 13.1 Å². The molecule has 1 aromatic rings. The van der Waals surface area contributed by atoms with Crippen LogP contribution in [0, 0.1) is 0 Å². The third kappa shape index (κ3) is 5.22. The molecule has 0 amide bonds. The van der Waals surface area contributed by atoms with Crippen molar-refractivity contribution in [2.24, 2.45) is 0 Å². The standard InChI is InChI=1S/C15H27N3S/c1-14(2)18(13-15-5-3-12-19-15)11-10-17-8-4-6-16-7-9-17/h3,5,12,14,16H,4,6-11,13H2,1-2H3. The van der Waals surface area contributed by atoms with Crippen molar-refractivity contribution in [2.45, 2.75) is 32.9 Å². The summed E-state index contributed by atoms with van der Waals surface area (Å²) in [6.07, 6.45) is 1.28. The van der Waals surface area contributed by atoms with Crippen molar-refractivity contribution in [3.8, 4) is 0 Å². The molecule has 1 aliphatic heterocycles. The van der Waals surface area contributed by atoms with Gasteiger partial charge in [-0.3, -0.25) is 4.90 Å². The minimum Gasteiger partial charge on any atom is -0.315 e. The van der Waals surface area contributed by atoms with Gasteiger partial charge in [0.2, 0.25) is 0 Å². The number of hydrogen-bond acceptors (Lipinski definition) is 4. The van der Waals surface area contributed by atoms with Crippen LogP contribution >= 0.6 is 11.3 Å². The van der Waals surface area contributed by atoms with E-state index in [1.165, 1.54) is 44.0 Å². The second-order valence-corrected chi connectivity index (χ2v) is 6.62. The van der Waals surface area contributed by atoms with E-state index in [1.807, 2.05) is 11.3 Å². The second kappa shape index (κ2) is 8.00. The van der Waals surface area contributed by atoms with Gasteiger partial charge in [-0.15, -0.1) is 11.3 Å². The fourth-order valence-electron chi connectivity index (χ4n) is 2.52. The smallest absolute Gasteiger partial charge is 0.0331 e. The highest BCUT2D eigenvalue weighted by molar-refractivity contribution is 7.09. The van der Waals surface area contributed by atoms with Crippen molar-refractivity contribution in [1.29, 1.82) is 0 Å². The van der Waals surface area contributed by atoms with E-state index >= 15 is 0 Å². The molecule has 1 saturated heterocycles. The molecule has 0 atom stereocenters. The first kappa shape index (κ1) is 15.0. The van der Waals surface area contributed by atoms with E-state index in [4.69, 9.17) is 0 Å². The van der Waals surface area contributed by atoms with Gasteiger partial charge in [-0.05, 0) is 44.8 Å². The summed E-state index contributed by atoms with van der Waals surface area (Å²) < 4.78 is 0. The van der Waals surface area contributed by atoms with Crippen LogP contribution in [0.4, 0.5) is 0 Å². The van der Waals surface area contributed by atoms with E-state index in [2.05, 4.69) is 46.5 Å². The molecule has 1 aromatic heterocycles. The minimum atomic E-state index is 0.618. The van der Waals surface area contributed by atoms with Gasteiger partial charge in [-0.2, -0.15) is 0 Å². The molecule has 19 heavy (non-hydrogen) atoms. The van der Waals surface area contributed by atoms with E-state index in [0.29, 0.717) is 6.04 Å². The van der Waals surface area contributed by atoms with Gasteiger partial charge in [-0.25, -0.2) is 0 Å². The lowest BCUT2D eigenvalue weighted by Gasteiger charge is -2.29. The molecule has 0 saturated carbocycles. The predicted molar refractivity (Wildman–Crippen MR) is 83.8 cm³/mol. The number of nitrogens with zero attached hydrogens (tertiary/aromatic N) is 2. The highest BCUT2D eigenvalue weighted by Crippen LogP contribution is 2.13. The van der Waals surface area contributed by atoms with Crippen LogP contribution in [0.25, 0.3) is 0 Å². The van der Waals surface area contributed by atoms with Gasteiger partial charge in [0.05, 0.1) is 0 Å². The van der Waals surface area contributed by atoms with Crippen LogP contribution in [-0.2, 0) is 6.54 Å². The normalized spacial score (nSPS) is 18.1. The Morgan fingerprint density at radius 2 is 2.26 bits per heavy atom. The van der Waals surface area contributed by atoms with Crippen LogP contribution in [0.2, 0.25) is 0 Å². The fourth-order valence-corrected chi connectivity index (χ4v) is 3.25. The second-order valence-electron chi connectivity index (χ2n) is 5.59. The van der Waals surface area contributed by atoms with Crippen LogP contribution in [0.5, 0.6) is 0 Å². The van der Waals surface area contributed by atoms with E-state index in [-0.39, 0.29) is 0 Å². The molecule has 0 unspecified atom stereocenters. The summed E-state index contributed by atoms with van der Waals surface area (Å²) in [5.74, 6) is 0. The maximum Gasteiger partial charge on any atom is 0.0331 e. The van der Waals surface area contributed by atoms with Crippen LogP contribution in [0.1, 0.15) is 25.1 Å². The van der Waals surface area contributed by atoms with Gasteiger partial charge in [0.25, 0.3) is 0 Å². The third-order valence-corrected chi connectivity index (χ3v) is 4.67. The van der Waals surface area contributed by atoms with Crippen LogP contribution in [0.15, 0.2) is 17.5 Å². The van der Waals surface area contributed by atoms with Crippen molar-refractivity contribution in [2.75, 3.05) is 39.3 Å². The monoisotopic (exact) mass is 281 g/mol. The van der Waals surface area contributed by atoms with Gasteiger partial charge in [-0.1, -0.05) is 6.07 Å². The summed E-state index contributed by atoms with van der Waals surface area (Å²) in [4.78, 5) is 6.67. The third-order valence-electron chi connectivity index (χ3n) is 3.81. The highest BCUT2D eigenvalue weighted by atomic mass is 32.1. The van der Waals surface area contributed by atoms with Gasteiger partial charge in [0.15, 0.2) is 0 Å². The molecular formula is C15H27N3S. The predicted octanol–water partition coefficient (Wildman–Crippen LogP) is 2.25. The molecule has 2 rings (SSSR count). The zero-order valence-corrected chi connectivity index (χ0v) is 13.1. The molecular weight excluding hydrogens is 254 g/mol. The molecule has 4 heteroatoms. The van der Waals surface area contributed by atoms with Gasteiger partial charge in [0.1, 0.15) is 0 Å². The average molecular weight is 281 g/mol. The first-order valence-corrected chi connectivity index (χ1v) is 8.33. The first-order valence-electron chi connectivity index (χ1n) is 7.45. The lowest BCUT2D eigenvalue weighted by Crippen LogP contribution is -2.39. The number of nitrogens with one attached hydrogen (secondary N) is 1. The molecule has 1 aliphatic rings. The largest absolute Gasteiger partial charge is 0.315 e. The van der Waals surface area contributed by atoms with Gasteiger partial charge in [0, 0.05) is 43.6 Å². The molecule has 2 heterocycles. The summed E-state index contributed by atoms with van der Waals surface area (Å²) in [5.41, 5.74) is 0. The van der Waals surface area contributed by atoms with Gasteiger partial charge >= 0.3 is 0 Å². The van der Waals surface area contributed by atoms with Crippen LogP contribution < -0.4 is 5.32 Å². The first-order chi connectivity index (χ1) is 9.25. The maximum atomic E-state index is 3.47. The minimum absolute atomic E-state index is 0.618. The molecule has 1 N–H and O–H groups in total. The zero-order chi connectivity index (χ0) is 13.5. The average Bonchev–Trinajstić information content (AvgIpc) is 2.76. The zero-order valence-electron chi connectivity index (χ0n) is 12.3. The van der Waals surface area contributed by atoms with E-state index in [9.17, 15) is 0 Å². The lowest BCUT2D eigenvalue weighted by molar-refractivity contribution is 0.174. The van der Waals surface area contributed by atoms with E-state index < -0.39 is 0 Å². The Morgan fingerprint density at radius 3 is 3.00 bits per heavy atom. The summed E-state index contributed by atoms with van der Waals surface area (Å²) >= 11 is 1.87. The molecule has 0 aromatic carbocycles. The molecule has 0 spiro atoms. The van der Waals surface area contributed by atoms with Crippen LogP contribution in [0.3, 0.4) is 0 Å². The Hall–Kier alpha value is -0.420. The van der Waals surface area contributed by atoms with Crippen molar-refractivity contribution >= 4 is 11.3 Å². The molecule has 0 radical (unpaired) electrons. The Kier molecular flexibility index (Phi) is 6.31. The maximum absolute atomic E-state index is 3.47. The van der Waals surface area contributed by atoms with Crippen molar-refractivity contribution < 1.29 is 0 Å². The van der Waals surface area contributed by atoms with Crippen molar-refractivity contribution in [3.63, 3.8) is 0 Å². The number of hydrogen-bond donors (Lipinski definition) is 1. The summed E-state index contributed by atoms with van der Waals surface area (Å²) in [6.45, 7) is 12.9. The molecule has 0 bridgehead atoms. The molecule has 108 valence electrons. The number of rotatable bonds is 6. The quantitative estimate of drug-likeness (QED) is 0.863. The number of thiophene rings is 1. The topological polar surface area (TPSA) is 18.5 Å². The van der Waals surface area contributed by atoms with Crippen molar-refractivity contribution in [3.05, 3.63) is 22.4 Å². The SMILES string of the molecule is CC(C)N(CCN1CCCNCC1)Cc1cccs1. The molecule has 0 aliphatic carbocycles. The Balaban J connectivity index is 1.79. The lowest BCUT2D eigenvalue weighted by atomic mass is 10.3. The Bertz CT molecular complexity index is 329. The Labute approximate surface area is 121 Å². The summed E-state index contributed by atoms with van der Waals surface area (Å²) in [6, 6.07) is 5.02. The van der Waals surface area contributed by atoms with E-state index in [1.54, 1.807) is 0 Å². The highest BCUT2D eigenvalue weighted by Gasteiger charge is 2.14. The summed E-state index contributed by atoms with van der Waals surface area (Å²) in [7, 11) is 0. The molecule has 1 fully saturated rings. The molecule has 3 nitrogen and oxygen atoms in total.